The first-order chi connectivity index (χ1) is 11.7. The molecule has 4 rings (SSSR count). The highest BCUT2D eigenvalue weighted by molar-refractivity contribution is 7.14. The monoisotopic (exact) mass is 335 g/mol. The molecule has 0 bridgehead atoms. The zero-order valence-electron chi connectivity index (χ0n) is 12.8. The lowest BCUT2D eigenvalue weighted by molar-refractivity contribution is 0.102. The van der Waals surface area contributed by atoms with Crippen LogP contribution in [0.2, 0.25) is 0 Å². The number of aryl methyl sites for hydroxylation is 1. The highest BCUT2D eigenvalue weighted by Crippen LogP contribution is 2.30. The number of fused-ring (bicyclic) bond motifs is 1. The van der Waals surface area contributed by atoms with Crippen molar-refractivity contribution in [2.24, 2.45) is 0 Å². The van der Waals surface area contributed by atoms with E-state index in [0.29, 0.717) is 22.1 Å². The quantitative estimate of drug-likeness (QED) is 0.598. The fraction of sp³-hybridized carbons (Fsp3) is 0.0556. The van der Waals surface area contributed by atoms with Crippen molar-refractivity contribution in [2.45, 2.75) is 6.92 Å². The van der Waals surface area contributed by atoms with Gasteiger partial charge in [-0.15, -0.1) is 11.3 Å². The Labute approximate surface area is 142 Å². The molecule has 118 valence electrons. The van der Waals surface area contributed by atoms with Gasteiger partial charge in [0.15, 0.2) is 10.9 Å². The molecule has 1 amide bonds. The van der Waals surface area contributed by atoms with Crippen LogP contribution in [0, 0.1) is 6.92 Å². The first kappa shape index (κ1) is 14.6. The van der Waals surface area contributed by atoms with Crippen LogP contribution in [0.5, 0.6) is 0 Å². The number of para-hydroxylation sites is 1. The van der Waals surface area contributed by atoms with E-state index in [0.717, 1.165) is 16.7 Å². The minimum atomic E-state index is -0.229. The first-order valence-corrected chi connectivity index (χ1v) is 8.25. The lowest BCUT2D eigenvalue weighted by Gasteiger charge is -2.01. The van der Waals surface area contributed by atoms with Crippen LogP contribution in [0.1, 0.15) is 16.1 Å². The highest BCUT2D eigenvalue weighted by Gasteiger charge is 2.13. The Balaban J connectivity index is 1.56. The molecule has 24 heavy (non-hydrogen) atoms. The molecule has 6 heteroatoms. The van der Waals surface area contributed by atoms with E-state index in [1.165, 1.54) is 11.3 Å². The fourth-order valence-electron chi connectivity index (χ4n) is 2.32. The Morgan fingerprint density at radius 3 is 2.88 bits per heavy atom. The molecule has 0 unspecified atom stereocenters. The average molecular weight is 335 g/mol. The molecule has 0 radical (unpaired) electrons. The number of anilines is 1. The maximum atomic E-state index is 12.2. The van der Waals surface area contributed by atoms with E-state index < -0.39 is 0 Å². The summed E-state index contributed by atoms with van der Waals surface area (Å²) in [6, 6.07) is 13.3. The van der Waals surface area contributed by atoms with Crippen LogP contribution in [0.3, 0.4) is 0 Å². The van der Waals surface area contributed by atoms with Gasteiger partial charge in [0.1, 0.15) is 11.3 Å². The lowest BCUT2D eigenvalue weighted by atomic mass is 10.2. The second kappa shape index (κ2) is 5.90. The smallest absolute Gasteiger partial charge is 0.259 e. The number of nitrogens with one attached hydrogen (secondary N) is 1. The molecule has 4 aromatic rings. The second-order valence-corrected chi connectivity index (χ2v) is 6.19. The van der Waals surface area contributed by atoms with Gasteiger partial charge in [-0.3, -0.25) is 15.1 Å². The van der Waals surface area contributed by atoms with E-state index >= 15 is 0 Å². The summed E-state index contributed by atoms with van der Waals surface area (Å²) in [4.78, 5) is 20.8. The van der Waals surface area contributed by atoms with Gasteiger partial charge in [-0.25, -0.2) is 4.98 Å². The Kier molecular flexibility index (Phi) is 3.59. The summed E-state index contributed by atoms with van der Waals surface area (Å²) >= 11 is 1.36. The summed E-state index contributed by atoms with van der Waals surface area (Å²) in [6.07, 6.45) is 1.55. The van der Waals surface area contributed by atoms with Crippen LogP contribution in [0.25, 0.3) is 22.4 Å². The summed E-state index contributed by atoms with van der Waals surface area (Å²) in [5.74, 6) is 0.456. The maximum absolute atomic E-state index is 12.2. The summed E-state index contributed by atoms with van der Waals surface area (Å²) < 4.78 is 5.79. The van der Waals surface area contributed by atoms with Crippen LogP contribution >= 0.6 is 11.3 Å². The molecule has 3 aromatic heterocycles. The van der Waals surface area contributed by atoms with Crippen LogP contribution in [-0.2, 0) is 0 Å². The minimum absolute atomic E-state index is 0.229. The van der Waals surface area contributed by atoms with Gasteiger partial charge in [-0.2, -0.15) is 0 Å². The molecule has 0 fully saturated rings. The molecule has 0 aliphatic carbocycles. The lowest BCUT2D eigenvalue weighted by Crippen LogP contribution is -2.12. The van der Waals surface area contributed by atoms with Gasteiger partial charge in [-0.05, 0) is 31.2 Å². The molecule has 1 aromatic carbocycles. The molecule has 1 N–H and O–H groups in total. The van der Waals surface area contributed by atoms with Crippen molar-refractivity contribution in [1.82, 2.24) is 9.97 Å². The Hall–Kier alpha value is -2.99. The average Bonchev–Trinajstić information content (AvgIpc) is 3.21. The molecule has 0 aliphatic rings. The third-order valence-corrected chi connectivity index (χ3v) is 4.33. The third-order valence-electron chi connectivity index (χ3n) is 3.58. The van der Waals surface area contributed by atoms with E-state index in [2.05, 4.69) is 15.3 Å². The molecule has 0 spiro atoms. The first-order valence-electron chi connectivity index (χ1n) is 7.37. The van der Waals surface area contributed by atoms with Crippen molar-refractivity contribution in [3.8, 4) is 11.5 Å². The number of benzene rings is 1. The van der Waals surface area contributed by atoms with Gasteiger partial charge in [0.25, 0.3) is 5.91 Å². The topological polar surface area (TPSA) is 68.0 Å². The Bertz CT molecular complexity index is 985. The van der Waals surface area contributed by atoms with E-state index in [-0.39, 0.29) is 5.91 Å². The van der Waals surface area contributed by atoms with Crippen LogP contribution < -0.4 is 5.32 Å². The SMILES string of the molecule is Cc1ccc(C(=O)Nc2nc(-c3cc4ccccc4o3)cs2)cn1. The molecular weight excluding hydrogens is 322 g/mol. The zero-order chi connectivity index (χ0) is 16.5. The summed E-state index contributed by atoms with van der Waals surface area (Å²) in [6.45, 7) is 1.88. The predicted molar refractivity (Wildman–Crippen MR) is 94.2 cm³/mol. The van der Waals surface area contributed by atoms with Gasteiger partial charge >= 0.3 is 0 Å². The van der Waals surface area contributed by atoms with Crippen molar-refractivity contribution in [3.05, 3.63) is 65.3 Å². The number of hydrogen-bond donors (Lipinski definition) is 1. The number of pyridine rings is 1. The maximum Gasteiger partial charge on any atom is 0.259 e. The molecule has 5 nitrogen and oxygen atoms in total. The number of carbonyl (C=O) groups is 1. The second-order valence-electron chi connectivity index (χ2n) is 5.33. The molecule has 0 saturated heterocycles. The van der Waals surface area contributed by atoms with Crippen molar-refractivity contribution in [3.63, 3.8) is 0 Å². The van der Waals surface area contributed by atoms with Gasteiger partial charge in [0.2, 0.25) is 0 Å². The number of carbonyl (C=O) groups excluding carboxylic acids is 1. The number of nitrogens with zero attached hydrogens (tertiary/aromatic N) is 2. The number of hydrogen-bond acceptors (Lipinski definition) is 5. The number of thiazole rings is 1. The van der Waals surface area contributed by atoms with Crippen molar-refractivity contribution in [1.29, 1.82) is 0 Å². The summed E-state index contributed by atoms with van der Waals surface area (Å²) in [7, 11) is 0. The summed E-state index contributed by atoms with van der Waals surface area (Å²) in [5, 5.41) is 6.20. The van der Waals surface area contributed by atoms with Gasteiger partial charge in [0.05, 0.1) is 5.56 Å². The van der Waals surface area contributed by atoms with E-state index in [1.54, 1.807) is 18.3 Å². The highest BCUT2D eigenvalue weighted by atomic mass is 32.1. The molecule has 0 aliphatic heterocycles. The molecule has 0 saturated carbocycles. The number of amides is 1. The largest absolute Gasteiger partial charge is 0.454 e. The van der Waals surface area contributed by atoms with Crippen LogP contribution in [0.15, 0.2) is 58.5 Å². The molecule has 0 atom stereocenters. The third kappa shape index (κ3) is 2.79. The molecular formula is C18H13N3O2S. The van der Waals surface area contributed by atoms with Crippen LogP contribution in [0.4, 0.5) is 5.13 Å². The number of aromatic nitrogens is 2. The van der Waals surface area contributed by atoms with Gasteiger partial charge in [0, 0.05) is 22.7 Å². The Morgan fingerprint density at radius 2 is 2.08 bits per heavy atom. The molecule has 3 heterocycles. The predicted octanol–water partition coefficient (Wildman–Crippen LogP) is 4.51. The fourth-order valence-corrected chi connectivity index (χ4v) is 3.02. The van der Waals surface area contributed by atoms with Gasteiger partial charge in [-0.1, -0.05) is 18.2 Å². The zero-order valence-corrected chi connectivity index (χ0v) is 13.6. The van der Waals surface area contributed by atoms with E-state index in [4.69, 9.17) is 4.42 Å². The normalized spacial score (nSPS) is 10.9. The van der Waals surface area contributed by atoms with Crippen molar-refractivity contribution >= 4 is 33.3 Å². The number of furan rings is 1. The Morgan fingerprint density at radius 1 is 1.21 bits per heavy atom. The van der Waals surface area contributed by atoms with Crippen molar-refractivity contribution in [2.75, 3.05) is 5.32 Å². The summed E-state index contributed by atoms with van der Waals surface area (Å²) in [5.41, 5.74) is 2.89. The van der Waals surface area contributed by atoms with Crippen molar-refractivity contribution < 1.29 is 9.21 Å². The van der Waals surface area contributed by atoms with E-state index in [9.17, 15) is 4.79 Å². The standard InChI is InChI=1S/C18H13N3O2S/c1-11-6-7-13(9-19-11)17(22)21-18-20-14(10-24-18)16-8-12-4-2-3-5-15(12)23-16/h2-10H,1H3,(H,20,21,22). The van der Waals surface area contributed by atoms with Gasteiger partial charge < -0.3 is 4.42 Å². The van der Waals surface area contributed by atoms with E-state index in [1.807, 2.05) is 42.6 Å². The minimum Gasteiger partial charge on any atom is -0.454 e. The van der Waals surface area contributed by atoms with Crippen LogP contribution in [-0.4, -0.2) is 15.9 Å². The number of rotatable bonds is 3.